The molecule has 1 atom stereocenters. The molecule has 0 radical (unpaired) electrons. The van der Waals surface area contributed by atoms with Gasteiger partial charge < -0.3 is 4.90 Å². The van der Waals surface area contributed by atoms with Crippen LogP contribution in [0.4, 0.5) is 0 Å². The lowest BCUT2D eigenvalue weighted by molar-refractivity contribution is -0.127. The minimum atomic E-state index is 0.0852. The van der Waals surface area contributed by atoms with Crippen LogP contribution in [0.1, 0.15) is 19.8 Å². The predicted molar refractivity (Wildman–Crippen MR) is 41.1 cm³/mol. The first-order valence-electron chi connectivity index (χ1n) is 3.62. The van der Waals surface area contributed by atoms with Crippen molar-refractivity contribution in [3.63, 3.8) is 0 Å². The van der Waals surface area contributed by atoms with E-state index in [4.69, 9.17) is 11.6 Å². The van der Waals surface area contributed by atoms with E-state index in [1.54, 1.807) is 0 Å². The summed E-state index contributed by atoms with van der Waals surface area (Å²) in [6, 6.07) is 0. The number of likely N-dealkylation sites (tertiary alicyclic amines) is 1. The van der Waals surface area contributed by atoms with Gasteiger partial charge >= 0.3 is 0 Å². The van der Waals surface area contributed by atoms with Crippen molar-refractivity contribution < 1.29 is 4.79 Å². The molecule has 0 aliphatic carbocycles. The maximum absolute atomic E-state index is 11.0. The van der Waals surface area contributed by atoms with Crippen LogP contribution in [0.3, 0.4) is 0 Å². The van der Waals surface area contributed by atoms with Crippen LogP contribution in [-0.2, 0) is 4.79 Å². The van der Waals surface area contributed by atoms with Gasteiger partial charge in [-0.2, -0.15) is 0 Å². The van der Waals surface area contributed by atoms with E-state index >= 15 is 0 Å². The maximum atomic E-state index is 11.0. The van der Waals surface area contributed by atoms with Crippen LogP contribution in [0.15, 0.2) is 0 Å². The molecule has 0 aromatic carbocycles. The summed E-state index contributed by atoms with van der Waals surface area (Å²) in [6.45, 7) is 3.52. The molecule has 1 rings (SSSR count). The Morgan fingerprint density at radius 1 is 1.80 bits per heavy atom. The van der Waals surface area contributed by atoms with Crippen molar-refractivity contribution in [2.45, 2.75) is 25.1 Å². The lowest BCUT2D eigenvalue weighted by Crippen LogP contribution is -2.29. The molecule has 1 unspecified atom stereocenters. The molecular weight excluding hydrogens is 150 g/mol. The fourth-order valence-corrected chi connectivity index (χ4v) is 1.37. The van der Waals surface area contributed by atoms with Crippen LogP contribution in [0.25, 0.3) is 0 Å². The summed E-state index contributed by atoms with van der Waals surface area (Å²) in [4.78, 5) is 12.8. The van der Waals surface area contributed by atoms with Crippen molar-refractivity contribution >= 4 is 17.5 Å². The second kappa shape index (κ2) is 3.24. The Balaban J connectivity index is 2.33. The number of alkyl halides is 1. The van der Waals surface area contributed by atoms with Crippen molar-refractivity contribution in [3.05, 3.63) is 0 Å². The van der Waals surface area contributed by atoms with Gasteiger partial charge in [0.05, 0.1) is 0 Å². The van der Waals surface area contributed by atoms with E-state index in [9.17, 15) is 4.79 Å². The second-order valence-electron chi connectivity index (χ2n) is 2.72. The van der Waals surface area contributed by atoms with E-state index in [-0.39, 0.29) is 11.3 Å². The molecule has 0 N–H and O–H groups in total. The normalized spacial score (nSPS) is 21.8. The van der Waals surface area contributed by atoms with E-state index in [0.29, 0.717) is 13.0 Å². The molecule has 0 aromatic rings. The van der Waals surface area contributed by atoms with Gasteiger partial charge in [-0.1, -0.05) is 0 Å². The van der Waals surface area contributed by atoms with Crippen molar-refractivity contribution in [1.82, 2.24) is 4.90 Å². The van der Waals surface area contributed by atoms with Crippen molar-refractivity contribution in [3.8, 4) is 0 Å². The summed E-state index contributed by atoms with van der Waals surface area (Å²) in [6.07, 6.45) is 1.71. The number of amides is 1. The molecule has 1 aliphatic heterocycles. The third kappa shape index (κ3) is 1.87. The first-order valence-corrected chi connectivity index (χ1v) is 4.05. The third-order valence-corrected chi connectivity index (χ3v) is 1.78. The lowest BCUT2D eigenvalue weighted by atomic mass is 10.4. The zero-order chi connectivity index (χ0) is 7.56. The van der Waals surface area contributed by atoms with Crippen LogP contribution < -0.4 is 0 Å². The Labute approximate surface area is 66.1 Å². The highest BCUT2D eigenvalue weighted by atomic mass is 35.5. The Morgan fingerprint density at radius 2 is 2.50 bits per heavy atom. The highest BCUT2D eigenvalue weighted by molar-refractivity contribution is 6.20. The zero-order valence-corrected chi connectivity index (χ0v) is 6.90. The van der Waals surface area contributed by atoms with Gasteiger partial charge in [-0.15, -0.1) is 11.6 Å². The molecule has 2 nitrogen and oxygen atoms in total. The van der Waals surface area contributed by atoms with E-state index in [1.165, 1.54) is 0 Å². The van der Waals surface area contributed by atoms with Gasteiger partial charge in [-0.3, -0.25) is 4.79 Å². The minimum Gasteiger partial charge on any atom is -0.341 e. The molecule has 0 bridgehead atoms. The summed E-state index contributed by atoms with van der Waals surface area (Å²) >= 11 is 5.73. The minimum absolute atomic E-state index is 0.0852. The molecule has 1 amide bonds. The van der Waals surface area contributed by atoms with Crippen LogP contribution >= 0.6 is 11.6 Å². The molecule has 0 saturated carbocycles. The number of rotatable bonds is 2. The van der Waals surface area contributed by atoms with Gasteiger partial charge in [0.25, 0.3) is 0 Å². The van der Waals surface area contributed by atoms with E-state index in [2.05, 4.69) is 0 Å². The second-order valence-corrected chi connectivity index (χ2v) is 3.47. The number of carbonyl (C=O) groups is 1. The SMILES string of the molecule is CC(Cl)CN1CCCC1=O. The van der Waals surface area contributed by atoms with Gasteiger partial charge in [0, 0.05) is 24.9 Å². The van der Waals surface area contributed by atoms with Gasteiger partial charge in [0.1, 0.15) is 0 Å². The summed E-state index contributed by atoms with van der Waals surface area (Å²) in [5.74, 6) is 0.257. The molecule has 58 valence electrons. The van der Waals surface area contributed by atoms with Gasteiger partial charge in [0.15, 0.2) is 0 Å². The van der Waals surface area contributed by atoms with Gasteiger partial charge in [-0.25, -0.2) is 0 Å². The summed E-state index contributed by atoms with van der Waals surface area (Å²) in [5, 5.41) is 0.0852. The average Bonchev–Trinajstić information content (AvgIpc) is 2.15. The number of hydrogen-bond donors (Lipinski definition) is 0. The summed E-state index contributed by atoms with van der Waals surface area (Å²) in [5.41, 5.74) is 0. The van der Waals surface area contributed by atoms with Crippen LogP contribution in [0.2, 0.25) is 0 Å². The molecule has 1 heterocycles. The largest absolute Gasteiger partial charge is 0.341 e. The van der Waals surface area contributed by atoms with Crippen molar-refractivity contribution in [1.29, 1.82) is 0 Å². The van der Waals surface area contributed by atoms with Crippen molar-refractivity contribution in [2.75, 3.05) is 13.1 Å². The highest BCUT2D eigenvalue weighted by Crippen LogP contribution is 2.11. The van der Waals surface area contributed by atoms with E-state index in [1.807, 2.05) is 11.8 Å². The summed E-state index contributed by atoms with van der Waals surface area (Å²) < 4.78 is 0. The van der Waals surface area contributed by atoms with Crippen LogP contribution in [0.5, 0.6) is 0 Å². The van der Waals surface area contributed by atoms with Gasteiger partial charge in [0.2, 0.25) is 5.91 Å². The number of carbonyl (C=O) groups excluding carboxylic acids is 1. The molecule has 1 saturated heterocycles. The quantitative estimate of drug-likeness (QED) is 0.558. The fraction of sp³-hybridized carbons (Fsp3) is 0.857. The fourth-order valence-electron chi connectivity index (χ4n) is 1.20. The average molecular weight is 162 g/mol. The zero-order valence-electron chi connectivity index (χ0n) is 6.14. The maximum Gasteiger partial charge on any atom is 0.222 e. The number of halogens is 1. The van der Waals surface area contributed by atoms with Crippen LogP contribution in [0, 0.1) is 0 Å². The standard InChI is InChI=1S/C7H12ClNO/c1-6(8)5-9-4-2-3-7(9)10/h6H,2-5H2,1H3. The Hall–Kier alpha value is -0.240. The molecule has 1 aliphatic rings. The summed E-state index contributed by atoms with van der Waals surface area (Å²) in [7, 11) is 0. The number of nitrogens with zero attached hydrogens (tertiary/aromatic N) is 1. The first-order chi connectivity index (χ1) is 4.70. The molecule has 0 aromatic heterocycles. The van der Waals surface area contributed by atoms with Crippen molar-refractivity contribution in [2.24, 2.45) is 0 Å². The first kappa shape index (κ1) is 7.86. The number of hydrogen-bond acceptors (Lipinski definition) is 1. The van der Waals surface area contributed by atoms with Gasteiger partial charge in [-0.05, 0) is 13.3 Å². The predicted octanol–water partition coefficient (Wildman–Crippen LogP) is 1.24. The molecule has 1 fully saturated rings. The van der Waals surface area contributed by atoms with E-state index in [0.717, 1.165) is 13.0 Å². The third-order valence-electron chi connectivity index (χ3n) is 1.64. The Bertz CT molecular complexity index is 136. The van der Waals surface area contributed by atoms with Crippen LogP contribution in [-0.4, -0.2) is 29.3 Å². The lowest BCUT2D eigenvalue weighted by Gasteiger charge is -2.16. The molecule has 0 spiro atoms. The molecule has 10 heavy (non-hydrogen) atoms. The topological polar surface area (TPSA) is 20.3 Å². The Kier molecular flexibility index (Phi) is 2.55. The monoisotopic (exact) mass is 161 g/mol. The highest BCUT2D eigenvalue weighted by Gasteiger charge is 2.20. The molecular formula is C7H12ClNO. The Morgan fingerprint density at radius 3 is 2.90 bits per heavy atom. The molecule has 3 heteroatoms. The smallest absolute Gasteiger partial charge is 0.222 e. The van der Waals surface area contributed by atoms with E-state index < -0.39 is 0 Å².